The van der Waals surface area contributed by atoms with Crippen molar-refractivity contribution in [2.75, 3.05) is 25.6 Å². The third kappa shape index (κ3) is 5.41. The Kier molecular flexibility index (Phi) is 6.71. The highest BCUT2D eigenvalue weighted by molar-refractivity contribution is 5.94. The van der Waals surface area contributed by atoms with Gasteiger partial charge in [-0.2, -0.15) is 0 Å². The highest BCUT2D eigenvalue weighted by atomic mass is 19.1. The Labute approximate surface area is 131 Å². The maximum Gasteiger partial charge on any atom is 0.319 e. The Balaban J connectivity index is 2.74. The van der Waals surface area contributed by atoms with E-state index in [0.29, 0.717) is 0 Å². The predicted octanol–water partition coefficient (Wildman–Crippen LogP) is 1.20. The van der Waals surface area contributed by atoms with Crippen LogP contribution in [-0.4, -0.2) is 43.2 Å². The Morgan fingerprint density at radius 1 is 1.43 bits per heavy atom. The molecule has 0 aromatic heterocycles. The van der Waals surface area contributed by atoms with E-state index >= 15 is 0 Å². The second kappa shape index (κ2) is 8.51. The minimum atomic E-state index is -0.911. The molecule has 1 aromatic rings. The van der Waals surface area contributed by atoms with Crippen LogP contribution in [0.5, 0.6) is 5.75 Å². The summed E-state index contributed by atoms with van der Waals surface area (Å²) in [5.74, 6) is -0.330. The molecule has 0 heterocycles. The summed E-state index contributed by atoms with van der Waals surface area (Å²) in [4.78, 5) is 33.5. The number of rotatable bonds is 7. The smallest absolute Gasteiger partial charge is 0.319 e. The lowest BCUT2D eigenvalue weighted by Crippen LogP contribution is -2.46. The number of hydrogen-bond acceptors (Lipinski definition) is 5. The molecule has 126 valence electrons. The number of alkyl halides is 1. The van der Waals surface area contributed by atoms with E-state index in [4.69, 9.17) is 4.74 Å². The quantitative estimate of drug-likeness (QED) is 0.513. The number of nitro benzene ring substituents is 1. The molecule has 10 heteroatoms. The first kappa shape index (κ1) is 18.1. The molecule has 0 aliphatic heterocycles. The van der Waals surface area contributed by atoms with Gasteiger partial charge >= 0.3 is 6.03 Å². The van der Waals surface area contributed by atoms with Crippen LogP contribution in [0, 0.1) is 10.1 Å². The van der Waals surface area contributed by atoms with Crippen molar-refractivity contribution in [3.8, 4) is 5.75 Å². The molecule has 0 bridgehead atoms. The van der Waals surface area contributed by atoms with Gasteiger partial charge < -0.3 is 20.7 Å². The maximum absolute atomic E-state index is 12.0. The fourth-order valence-corrected chi connectivity index (χ4v) is 1.65. The van der Waals surface area contributed by atoms with Gasteiger partial charge in [-0.1, -0.05) is 0 Å². The number of anilines is 1. The zero-order valence-electron chi connectivity index (χ0n) is 12.6. The number of ether oxygens (including phenoxy) is 1. The normalized spacial score (nSPS) is 11.3. The van der Waals surface area contributed by atoms with Gasteiger partial charge in [0.2, 0.25) is 5.91 Å². The average molecular weight is 328 g/mol. The molecule has 0 saturated heterocycles. The highest BCUT2D eigenvalue weighted by Gasteiger charge is 2.17. The van der Waals surface area contributed by atoms with Crippen LogP contribution in [0.25, 0.3) is 0 Å². The van der Waals surface area contributed by atoms with E-state index < -0.39 is 29.6 Å². The molecule has 1 rings (SSSR count). The monoisotopic (exact) mass is 328 g/mol. The molecule has 1 atom stereocenters. The number of nitrogens with zero attached hydrogens (tertiary/aromatic N) is 1. The van der Waals surface area contributed by atoms with E-state index in [0.717, 1.165) is 6.07 Å². The molecular weight excluding hydrogens is 311 g/mol. The Morgan fingerprint density at radius 3 is 2.70 bits per heavy atom. The van der Waals surface area contributed by atoms with E-state index in [1.807, 2.05) is 0 Å². The number of nitrogens with one attached hydrogen (secondary N) is 3. The van der Waals surface area contributed by atoms with Gasteiger partial charge in [0.25, 0.3) is 5.69 Å². The summed E-state index contributed by atoms with van der Waals surface area (Å²) in [7, 11) is 1.34. The number of hydrogen-bond donors (Lipinski definition) is 3. The van der Waals surface area contributed by atoms with Crippen LogP contribution in [0.15, 0.2) is 18.2 Å². The van der Waals surface area contributed by atoms with Crippen molar-refractivity contribution in [3.05, 3.63) is 28.3 Å². The molecule has 1 aromatic carbocycles. The average Bonchev–Trinajstić information content (AvgIpc) is 2.52. The number of carbonyl (C=O) groups is 2. The fourth-order valence-electron chi connectivity index (χ4n) is 1.65. The second-order valence-electron chi connectivity index (χ2n) is 4.44. The van der Waals surface area contributed by atoms with Gasteiger partial charge in [-0.25, -0.2) is 9.18 Å². The Bertz CT molecular complexity index is 596. The molecule has 1 unspecified atom stereocenters. The number of benzene rings is 1. The van der Waals surface area contributed by atoms with Crippen molar-refractivity contribution < 1.29 is 23.6 Å². The standard InChI is InChI=1S/C13H17FN4O5/c1-8(12(19)15-6-5-14)16-13(20)17-10-7-9(18(21)22)3-4-11(10)23-2/h3-4,7-8H,5-6H2,1-2H3,(H,15,19)(H2,16,17,20). The lowest BCUT2D eigenvalue weighted by molar-refractivity contribution is -0.384. The SMILES string of the molecule is COc1ccc([N+](=O)[O-])cc1NC(=O)NC(C)C(=O)NCCF. The summed E-state index contributed by atoms with van der Waals surface area (Å²) >= 11 is 0. The zero-order chi connectivity index (χ0) is 17.4. The molecule has 23 heavy (non-hydrogen) atoms. The minimum Gasteiger partial charge on any atom is -0.495 e. The third-order valence-corrected chi connectivity index (χ3v) is 2.78. The van der Waals surface area contributed by atoms with E-state index in [9.17, 15) is 24.1 Å². The van der Waals surface area contributed by atoms with Gasteiger partial charge in [-0.3, -0.25) is 14.9 Å². The molecule has 0 aliphatic rings. The molecule has 3 amide bonds. The second-order valence-corrected chi connectivity index (χ2v) is 4.44. The van der Waals surface area contributed by atoms with Crippen LogP contribution in [0.4, 0.5) is 20.6 Å². The molecular formula is C13H17FN4O5. The molecule has 0 spiro atoms. The first-order chi connectivity index (χ1) is 10.9. The van der Waals surface area contributed by atoms with Gasteiger partial charge in [-0.15, -0.1) is 0 Å². The molecule has 9 nitrogen and oxygen atoms in total. The summed E-state index contributed by atoms with van der Waals surface area (Å²) in [6.07, 6.45) is 0. The summed E-state index contributed by atoms with van der Waals surface area (Å²) < 4.78 is 17.0. The van der Waals surface area contributed by atoms with Crippen LogP contribution in [0.2, 0.25) is 0 Å². The number of halogens is 1. The first-order valence-electron chi connectivity index (χ1n) is 6.62. The van der Waals surface area contributed by atoms with Crippen LogP contribution < -0.4 is 20.7 Å². The van der Waals surface area contributed by atoms with Crippen LogP contribution >= 0.6 is 0 Å². The molecule has 0 saturated carbocycles. The van der Waals surface area contributed by atoms with Crippen molar-refractivity contribution >= 4 is 23.3 Å². The van der Waals surface area contributed by atoms with Crippen LogP contribution in [0.3, 0.4) is 0 Å². The van der Waals surface area contributed by atoms with Gasteiger partial charge in [-0.05, 0) is 13.0 Å². The van der Waals surface area contributed by atoms with Crippen LogP contribution in [-0.2, 0) is 4.79 Å². The zero-order valence-corrected chi connectivity index (χ0v) is 12.6. The van der Waals surface area contributed by atoms with E-state index in [1.165, 1.54) is 26.2 Å². The maximum atomic E-state index is 12.0. The molecule has 0 fully saturated rings. The first-order valence-corrected chi connectivity index (χ1v) is 6.62. The topological polar surface area (TPSA) is 123 Å². The van der Waals surface area contributed by atoms with Gasteiger partial charge in [0, 0.05) is 18.7 Å². The number of carbonyl (C=O) groups excluding carboxylic acids is 2. The number of urea groups is 1. The number of methoxy groups -OCH3 is 1. The van der Waals surface area contributed by atoms with E-state index in [-0.39, 0.29) is 23.7 Å². The Hall–Kier alpha value is -2.91. The van der Waals surface area contributed by atoms with Crippen molar-refractivity contribution in [2.24, 2.45) is 0 Å². The van der Waals surface area contributed by atoms with Crippen molar-refractivity contribution in [1.29, 1.82) is 0 Å². The van der Waals surface area contributed by atoms with Crippen molar-refractivity contribution in [3.63, 3.8) is 0 Å². The van der Waals surface area contributed by atoms with Gasteiger partial charge in [0.1, 0.15) is 18.5 Å². The van der Waals surface area contributed by atoms with Crippen LogP contribution in [0.1, 0.15) is 6.92 Å². The molecule has 0 radical (unpaired) electrons. The Morgan fingerprint density at radius 2 is 2.13 bits per heavy atom. The summed E-state index contributed by atoms with van der Waals surface area (Å²) in [6, 6.07) is 2.03. The largest absolute Gasteiger partial charge is 0.495 e. The van der Waals surface area contributed by atoms with E-state index in [2.05, 4.69) is 16.0 Å². The van der Waals surface area contributed by atoms with E-state index in [1.54, 1.807) is 0 Å². The number of non-ortho nitro benzene ring substituents is 1. The third-order valence-electron chi connectivity index (χ3n) is 2.78. The summed E-state index contributed by atoms with van der Waals surface area (Å²) in [5.41, 5.74) is -0.148. The number of nitro groups is 1. The molecule has 0 aliphatic carbocycles. The summed E-state index contributed by atoms with van der Waals surface area (Å²) in [5, 5.41) is 17.7. The lowest BCUT2D eigenvalue weighted by Gasteiger charge is -2.15. The summed E-state index contributed by atoms with van der Waals surface area (Å²) in [6.45, 7) is 0.554. The predicted molar refractivity (Wildman–Crippen MR) is 80.2 cm³/mol. The highest BCUT2D eigenvalue weighted by Crippen LogP contribution is 2.28. The van der Waals surface area contributed by atoms with Gasteiger partial charge in [0.15, 0.2) is 0 Å². The van der Waals surface area contributed by atoms with Crippen molar-refractivity contribution in [2.45, 2.75) is 13.0 Å². The molecule has 3 N–H and O–H groups in total. The van der Waals surface area contributed by atoms with Crippen molar-refractivity contribution in [1.82, 2.24) is 10.6 Å². The fraction of sp³-hybridized carbons (Fsp3) is 0.385. The number of amides is 3. The lowest BCUT2D eigenvalue weighted by atomic mass is 10.2. The minimum absolute atomic E-state index is 0.0792. The van der Waals surface area contributed by atoms with Gasteiger partial charge in [0.05, 0.1) is 17.7 Å².